The fourth-order valence-electron chi connectivity index (χ4n) is 2.85. The van der Waals surface area contributed by atoms with E-state index in [9.17, 15) is 12.8 Å². The largest absolute Gasteiger partial charge is 0.379 e. The van der Waals surface area contributed by atoms with Gasteiger partial charge in [0.25, 0.3) is 0 Å². The van der Waals surface area contributed by atoms with Gasteiger partial charge in [0.2, 0.25) is 10.0 Å². The summed E-state index contributed by atoms with van der Waals surface area (Å²) in [6.07, 6.45) is 0. The first kappa shape index (κ1) is 18.0. The van der Waals surface area contributed by atoms with Crippen LogP contribution in [0.15, 0.2) is 59.5 Å². The zero-order valence-electron chi connectivity index (χ0n) is 13.8. The SMILES string of the molecule is O=S(=O)(NC(CN1CCOCC1)c1ccccc1)c1ccccc1F. The maximum atomic E-state index is 14.0. The summed E-state index contributed by atoms with van der Waals surface area (Å²) in [5.41, 5.74) is 0.842. The molecule has 0 spiro atoms. The Balaban J connectivity index is 1.85. The molecule has 2 aromatic rings. The Morgan fingerprint density at radius 1 is 1.04 bits per heavy atom. The average Bonchev–Trinajstić information content (AvgIpc) is 2.63. The molecule has 0 bridgehead atoms. The number of nitrogens with one attached hydrogen (secondary N) is 1. The summed E-state index contributed by atoms with van der Waals surface area (Å²) in [4.78, 5) is 1.81. The van der Waals surface area contributed by atoms with Crippen LogP contribution < -0.4 is 4.72 Å². The third-order valence-corrected chi connectivity index (χ3v) is 5.67. The molecule has 0 saturated carbocycles. The summed E-state index contributed by atoms with van der Waals surface area (Å²) in [5.74, 6) is -0.756. The summed E-state index contributed by atoms with van der Waals surface area (Å²) >= 11 is 0. The van der Waals surface area contributed by atoms with E-state index in [1.54, 1.807) is 0 Å². The minimum Gasteiger partial charge on any atom is -0.379 e. The molecule has 1 fully saturated rings. The van der Waals surface area contributed by atoms with Gasteiger partial charge < -0.3 is 4.74 Å². The van der Waals surface area contributed by atoms with Crippen molar-refractivity contribution in [2.45, 2.75) is 10.9 Å². The standard InChI is InChI=1S/C18H21FN2O3S/c19-16-8-4-5-9-18(16)25(22,23)20-17(15-6-2-1-3-7-15)14-21-10-12-24-13-11-21/h1-9,17,20H,10-14H2. The van der Waals surface area contributed by atoms with Crippen molar-refractivity contribution >= 4 is 10.0 Å². The number of benzene rings is 2. The second kappa shape index (κ2) is 8.05. The normalized spacial score (nSPS) is 17.3. The van der Waals surface area contributed by atoms with Crippen LogP contribution in [0.3, 0.4) is 0 Å². The van der Waals surface area contributed by atoms with Crippen LogP contribution in [0.1, 0.15) is 11.6 Å². The molecular formula is C18H21FN2O3S. The molecule has 3 rings (SSSR count). The van der Waals surface area contributed by atoms with Crippen LogP contribution >= 0.6 is 0 Å². The van der Waals surface area contributed by atoms with Gasteiger partial charge in [-0.05, 0) is 17.7 Å². The molecule has 0 radical (unpaired) electrons. The lowest BCUT2D eigenvalue weighted by atomic mass is 10.1. The van der Waals surface area contributed by atoms with Crippen LogP contribution in [0.25, 0.3) is 0 Å². The quantitative estimate of drug-likeness (QED) is 0.854. The van der Waals surface area contributed by atoms with Crippen molar-refractivity contribution in [1.29, 1.82) is 0 Å². The highest BCUT2D eigenvalue weighted by atomic mass is 32.2. The molecule has 7 heteroatoms. The number of hydrogen-bond donors (Lipinski definition) is 1. The number of sulfonamides is 1. The molecule has 2 aromatic carbocycles. The summed E-state index contributed by atoms with van der Waals surface area (Å²) < 4.78 is 47.3. The van der Waals surface area contributed by atoms with E-state index in [0.29, 0.717) is 19.8 Å². The Morgan fingerprint density at radius 2 is 1.68 bits per heavy atom. The fourth-order valence-corrected chi connectivity index (χ4v) is 4.15. The van der Waals surface area contributed by atoms with E-state index >= 15 is 0 Å². The van der Waals surface area contributed by atoms with E-state index in [2.05, 4.69) is 9.62 Å². The molecule has 134 valence electrons. The highest BCUT2D eigenvalue weighted by molar-refractivity contribution is 7.89. The lowest BCUT2D eigenvalue weighted by Crippen LogP contribution is -2.43. The Kier molecular flexibility index (Phi) is 5.80. The molecule has 1 heterocycles. The van der Waals surface area contributed by atoms with Gasteiger partial charge in [0.15, 0.2) is 0 Å². The van der Waals surface area contributed by atoms with Crippen LogP contribution in [0.4, 0.5) is 4.39 Å². The first-order valence-electron chi connectivity index (χ1n) is 8.18. The Morgan fingerprint density at radius 3 is 2.36 bits per heavy atom. The topological polar surface area (TPSA) is 58.6 Å². The van der Waals surface area contributed by atoms with Crippen molar-refractivity contribution < 1.29 is 17.5 Å². The minimum atomic E-state index is -3.97. The third kappa shape index (κ3) is 4.64. The molecule has 1 unspecified atom stereocenters. The van der Waals surface area contributed by atoms with Crippen LogP contribution in [0.5, 0.6) is 0 Å². The van der Waals surface area contributed by atoms with Gasteiger partial charge in [-0.3, -0.25) is 4.90 Å². The van der Waals surface area contributed by atoms with E-state index in [1.165, 1.54) is 18.2 Å². The molecule has 0 aromatic heterocycles. The summed E-state index contributed by atoms with van der Waals surface area (Å²) in [5, 5.41) is 0. The molecule has 1 saturated heterocycles. The Hall–Kier alpha value is -1.80. The van der Waals surface area contributed by atoms with Gasteiger partial charge in [-0.1, -0.05) is 42.5 Å². The van der Waals surface area contributed by atoms with E-state index < -0.39 is 21.9 Å². The Labute approximate surface area is 147 Å². The first-order valence-corrected chi connectivity index (χ1v) is 9.66. The molecule has 25 heavy (non-hydrogen) atoms. The molecule has 1 aliphatic rings. The maximum Gasteiger partial charge on any atom is 0.244 e. The van der Waals surface area contributed by atoms with Gasteiger partial charge in [-0.15, -0.1) is 0 Å². The van der Waals surface area contributed by atoms with E-state index in [-0.39, 0.29) is 4.90 Å². The van der Waals surface area contributed by atoms with Gasteiger partial charge in [0.1, 0.15) is 10.7 Å². The number of halogens is 1. The summed E-state index contributed by atoms with van der Waals surface area (Å²) in [7, 11) is -3.97. The van der Waals surface area contributed by atoms with Gasteiger partial charge in [0, 0.05) is 19.6 Å². The molecule has 0 aliphatic carbocycles. The number of rotatable bonds is 6. The maximum absolute atomic E-state index is 14.0. The molecule has 0 amide bonds. The van der Waals surface area contributed by atoms with E-state index in [0.717, 1.165) is 24.7 Å². The average molecular weight is 364 g/mol. The van der Waals surface area contributed by atoms with E-state index in [1.807, 2.05) is 30.3 Å². The smallest absolute Gasteiger partial charge is 0.244 e. The third-order valence-electron chi connectivity index (χ3n) is 4.17. The summed E-state index contributed by atoms with van der Waals surface area (Å²) in [6.45, 7) is 3.24. The van der Waals surface area contributed by atoms with Crippen LogP contribution in [-0.4, -0.2) is 46.2 Å². The predicted molar refractivity (Wildman–Crippen MR) is 93.2 cm³/mol. The van der Waals surface area contributed by atoms with Crippen molar-refractivity contribution in [2.75, 3.05) is 32.8 Å². The van der Waals surface area contributed by atoms with Crippen molar-refractivity contribution in [3.05, 3.63) is 66.0 Å². The molecule has 1 aliphatic heterocycles. The van der Waals surface area contributed by atoms with Gasteiger partial charge in [-0.25, -0.2) is 17.5 Å². The lowest BCUT2D eigenvalue weighted by molar-refractivity contribution is 0.0345. The molecule has 5 nitrogen and oxygen atoms in total. The number of ether oxygens (including phenoxy) is 1. The Bertz CT molecular complexity index is 793. The second-order valence-corrected chi connectivity index (χ2v) is 7.61. The van der Waals surface area contributed by atoms with E-state index in [4.69, 9.17) is 4.74 Å². The van der Waals surface area contributed by atoms with Crippen molar-refractivity contribution in [3.8, 4) is 0 Å². The molecular weight excluding hydrogens is 343 g/mol. The number of nitrogens with zero attached hydrogens (tertiary/aromatic N) is 1. The first-order chi connectivity index (χ1) is 12.1. The number of morpholine rings is 1. The van der Waals surface area contributed by atoms with Crippen LogP contribution in [0, 0.1) is 5.82 Å². The fraction of sp³-hybridized carbons (Fsp3) is 0.333. The minimum absolute atomic E-state index is 0.335. The zero-order valence-corrected chi connectivity index (χ0v) is 14.6. The molecule has 1 N–H and O–H groups in total. The number of hydrogen-bond acceptors (Lipinski definition) is 4. The van der Waals surface area contributed by atoms with Crippen molar-refractivity contribution in [1.82, 2.24) is 9.62 Å². The summed E-state index contributed by atoms with van der Waals surface area (Å²) in [6, 6.07) is 14.3. The second-order valence-electron chi connectivity index (χ2n) is 5.93. The monoisotopic (exact) mass is 364 g/mol. The van der Waals surface area contributed by atoms with Gasteiger partial charge >= 0.3 is 0 Å². The van der Waals surface area contributed by atoms with Crippen LogP contribution in [0.2, 0.25) is 0 Å². The highest BCUT2D eigenvalue weighted by Gasteiger charge is 2.26. The van der Waals surface area contributed by atoms with Gasteiger partial charge in [0.05, 0.1) is 19.3 Å². The van der Waals surface area contributed by atoms with Crippen LogP contribution in [-0.2, 0) is 14.8 Å². The predicted octanol–water partition coefficient (Wildman–Crippen LogP) is 2.18. The van der Waals surface area contributed by atoms with Crippen molar-refractivity contribution in [2.24, 2.45) is 0 Å². The highest BCUT2D eigenvalue weighted by Crippen LogP contribution is 2.20. The lowest BCUT2D eigenvalue weighted by Gasteiger charge is -2.31. The van der Waals surface area contributed by atoms with Crippen molar-refractivity contribution in [3.63, 3.8) is 0 Å². The van der Waals surface area contributed by atoms with Gasteiger partial charge in [-0.2, -0.15) is 0 Å². The molecule has 1 atom stereocenters. The zero-order chi connectivity index (χ0) is 17.7.